The Morgan fingerprint density at radius 3 is 2.73 bits per heavy atom. The van der Waals surface area contributed by atoms with Crippen molar-refractivity contribution in [3.63, 3.8) is 0 Å². The lowest BCUT2D eigenvalue weighted by Gasteiger charge is -2.19. The largest absolute Gasteiger partial charge is 0.494 e. The third kappa shape index (κ3) is 3.36. The van der Waals surface area contributed by atoms with Crippen LogP contribution in [0.15, 0.2) is 41.5 Å². The van der Waals surface area contributed by atoms with Crippen molar-refractivity contribution in [3.05, 3.63) is 63.6 Å². The first-order valence-electron chi connectivity index (χ1n) is 7.18. The fourth-order valence-corrected chi connectivity index (χ4v) is 2.22. The molecule has 0 saturated heterocycles. The van der Waals surface area contributed by atoms with Gasteiger partial charge in [0.05, 0.1) is 6.61 Å². The SMILES string of the molecule is CCOc1ccccc1CN(C)C(=O)c1c[nH]cc(C)c1=O. The normalized spacial score (nSPS) is 10.3. The van der Waals surface area contributed by atoms with Crippen molar-refractivity contribution in [2.24, 2.45) is 0 Å². The van der Waals surface area contributed by atoms with Crippen molar-refractivity contribution in [3.8, 4) is 5.75 Å². The van der Waals surface area contributed by atoms with Gasteiger partial charge in [-0.15, -0.1) is 0 Å². The number of pyridine rings is 1. The summed E-state index contributed by atoms with van der Waals surface area (Å²) in [4.78, 5) is 28.8. The van der Waals surface area contributed by atoms with Crippen LogP contribution in [-0.2, 0) is 6.54 Å². The maximum atomic E-state index is 12.5. The van der Waals surface area contributed by atoms with Crippen LogP contribution in [-0.4, -0.2) is 29.4 Å². The number of aromatic amines is 1. The molecule has 0 aliphatic heterocycles. The van der Waals surface area contributed by atoms with E-state index in [0.717, 1.165) is 11.3 Å². The van der Waals surface area contributed by atoms with Gasteiger partial charge in [0, 0.05) is 37.1 Å². The molecule has 1 aromatic heterocycles. The van der Waals surface area contributed by atoms with Crippen LogP contribution in [0.4, 0.5) is 0 Å². The second kappa shape index (κ2) is 6.93. The van der Waals surface area contributed by atoms with Gasteiger partial charge >= 0.3 is 0 Å². The van der Waals surface area contributed by atoms with E-state index < -0.39 is 0 Å². The molecule has 0 radical (unpaired) electrons. The van der Waals surface area contributed by atoms with Crippen LogP contribution in [0.3, 0.4) is 0 Å². The molecule has 1 amide bonds. The summed E-state index contributed by atoms with van der Waals surface area (Å²) < 4.78 is 5.56. The highest BCUT2D eigenvalue weighted by atomic mass is 16.5. The average molecular weight is 300 g/mol. The van der Waals surface area contributed by atoms with Crippen LogP contribution >= 0.6 is 0 Å². The van der Waals surface area contributed by atoms with Gasteiger partial charge in [-0.3, -0.25) is 9.59 Å². The number of hydrogen-bond acceptors (Lipinski definition) is 3. The molecule has 2 aromatic rings. The second-order valence-electron chi connectivity index (χ2n) is 5.08. The van der Waals surface area contributed by atoms with Gasteiger partial charge in [0.2, 0.25) is 0 Å². The summed E-state index contributed by atoms with van der Waals surface area (Å²) in [6.45, 7) is 4.53. The van der Waals surface area contributed by atoms with Gasteiger partial charge in [0.15, 0.2) is 5.43 Å². The van der Waals surface area contributed by atoms with E-state index in [-0.39, 0.29) is 16.9 Å². The van der Waals surface area contributed by atoms with E-state index in [2.05, 4.69) is 4.98 Å². The van der Waals surface area contributed by atoms with Crippen LogP contribution in [0.1, 0.15) is 28.4 Å². The lowest BCUT2D eigenvalue weighted by atomic mass is 10.1. The van der Waals surface area contributed by atoms with Crippen LogP contribution in [0, 0.1) is 6.92 Å². The van der Waals surface area contributed by atoms with Gasteiger partial charge in [-0.1, -0.05) is 18.2 Å². The third-order valence-electron chi connectivity index (χ3n) is 3.39. The lowest BCUT2D eigenvalue weighted by molar-refractivity contribution is 0.0782. The zero-order valence-corrected chi connectivity index (χ0v) is 13.1. The Hall–Kier alpha value is -2.56. The molecule has 0 atom stereocenters. The number of aryl methyl sites for hydroxylation is 1. The predicted octanol–water partition coefficient (Wildman–Crippen LogP) is 2.35. The quantitative estimate of drug-likeness (QED) is 0.922. The van der Waals surface area contributed by atoms with E-state index >= 15 is 0 Å². The highest BCUT2D eigenvalue weighted by molar-refractivity contribution is 5.93. The second-order valence-corrected chi connectivity index (χ2v) is 5.08. The van der Waals surface area contributed by atoms with E-state index in [0.29, 0.717) is 18.7 Å². The summed E-state index contributed by atoms with van der Waals surface area (Å²) in [7, 11) is 1.67. The molecule has 0 spiro atoms. The number of hydrogen-bond donors (Lipinski definition) is 1. The van der Waals surface area contributed by atoms with Crippen molar-refractivity contribution in [2.45, 2.75) is 20.4 Å². The first-order chi connectivity index (χ1) is 10.5. The number of aromatic nitrogens is 1. The number of ether oxygens (including phenoxy) is 1. The number of nitrogens with zero attached hydrogens (tertiary/aromatic N) is 1. The van der Waals surface area contributed by atoms with Crippen molar-refractivity contribution >= 4 is 5.91 Å². The number of para-hydroxylation sites is 1. The molecule has 0 aliphatic rings. The van der Waals surface area contributed by atoms with E-state index in [1.54, 1.807) is 20.2 Å². The molecular formula is C17H20N2O3. The molecular weight excluding hydrogens is 280 g/mol. The molecule has 0 bridgehead atoms. The fourth-order valence-electron chi connectivity index (χ4n) is 2.22. The summed E-state index contributed by atoms with van der Waals surface area (Å²) in [5.74, 6) is 0.444. The maximum Gasteiger partial charge on any atom is 0.259 e. The van der Waals surface area contributed by atoms with Crippen molar-refractivity contribution in [1.82, 2.24) is 9.88 Å². The summed E-state index contributed by atoms with van der Waals surface area (Å²) >= 11 is 0. The molecule has 0 saturated carbocycles. The Morgan fingerprint density at radius 1 is 1.27 bits per heavy atom. The first-order valence-corrected chi connectivity index (χ1v) is 7.18. The standard InChI is InChI=1S/C17H20N2O3/c1-4-22-15-8-6-5-7-13(15)11-19(3)17(21)14-10-18-9-12(2)16(14)20/h5-10H,4,11H2,1-3H3,(H,18,20). The van der Waals surface area contributed by atoms with Crippen LogP contribution in [0.2, 0.25) is 0 Å². The summed E-state index contributed by atoms with van der Waals surface area (Å²) in [6, 6.07) is 7.57. The van der Waals surface area contributed by atoms with Crippen molar-refractivity contribution in [2.75, 3.05) is 13.7 Å². The van der Waals surface area contributed by atoms with Crippen molar-refractivity contribution in [1.29, 1.82) is 0 Å². The molecule has 1 N–H and O–H groups in total. The van der Waals surface area contributed by atoms with E-state index in [1.807, 2.05) is 31.2 Å². The van der Waals surface area contributed by atoms with Gasteiger partial charge < -0.3 is 14.6 Å². The molecule has 0 fully saturated rings. The highest BCUT2D eigenvalue weighted by Crippen LogP contribution is 2.19. The zero-order valence-electron chi connectivity index (χ0n) is 13.1. The Labute approximate surface area is 129 Å². The van der Waals surface area contributed by atoms with E-state index in [9.17, 15) is 9.59 Å². The highest BCUT2D eigenvalue weighted by Gasteiger charge is 2.17. The van der Waals surface area contributed by atoms with E-state index in [1.165, 1.54) is 11.1 Å². The van der Waals surface area contributed by atoms with Gasteiger partial charge in [0.25, 0.3) is 5.91 Å². The minimum Gasteiger partial charge on any atom is -0.494 e. The minimum absolute atomic E-state index is 0.149. The van der Waals surface area contributed by atoms with Crippen LogP contribution in [0.25, 0.3) is 0 Å². The molecule has 5 nitrogen and oxygen atoms in total. The molecule has 22 heavy (non-hydrogen) atoms. The average Bonchev–Trinajstić information content (AvgIpc) is 2.51. The van der Waals surface area contributed by atoms with Crippen LogP contribution < -0.4 is 10.2 Å². The summed E-state index contributed by atoms with van der Waals surface area (Å²) in [6.07, 6.45) is 3.03. The van der Waals surface area contributed by atoms with Gasteiger partial charge in [-0.25, -0.2) is 0 Å². The molecule has 2 rings (SSSR count). The zero-order chi connectivity index (χ0) is 16.1. The Kier molecular flexibility index (Phi) is 4.99. The van der Waals surface area contributed by atoms with Crippen LogP contribution in [0.5, 0.6) is 5.75 Å². The first kappa shape index (κ1) is 15.8. The van der Waals surface area contributed by atoms with Gasteiger partial charge in [-0.2, -0.15) is 0 Å². The number of nitrogens with one attached hydrogen (secondary N) is 1. The molecule has 0 aliphatic carbocycles. The number of amides is 1. The monoisotopic (exact) mass is 300 g/mol. The maximum absolute atomic E-state index is 12.5. The summed E-state index contributed by atoms with van der Waals surface area (Å²) in [5, 5.41) is 0. The molecule has 1 heterocycles. The number of carbonyl (C=O) groups is 1. The smallest absolute Gasteiger partial charge is 0.259 e. The topological polar surface area (TPSA) is 62.4 Å². The number of carbonyl (C=O) groups excluding carboxylic acids is 1. The predicted molar refractivity (Wildman–Crippen MR) is 85.2 cm³/mol. The van der Waals surface area contributed by atoms with Gasteiger partial charge in [-0.05, 0) is 19.9 Å². The Balaban J connectivity index is 2.22. The Morgan fingerprint density at radius 2 is 2.00 bits per heavy atom. The van der Waals surface area contributed by atoms with E-state index in [4.69, 9.17) is 4.74 Å². The minimum atomic E-state index is -0.309. The molecule has 5 heteroatoms. The lowest BCUT2D eigenvalue weighted by Crippen LogP contribution is -2.31. The Bertz CT molecular complexity index is 722. The molecule has 116 valence electrons. The molecule has 1 aromatic carbocycles. The summed E-state index contributed by atoms with van der Waals surface area (Å²) in [5.41, 5.74) is 1.34. The number of H-pyrrole nitrogens is 1. The number of rotatable bonds is 5. The third-order valence-corrected chi connectivity index (χ3v) is 3.39. The van der Waals surface area contributed by atoms with Gasteiger partial charge in [0.1, 0.15) is 11.3 Å². The van der Waals surface area contributed by atoms with Crippen molar-refractivity contribution < 1.29 is 9.53 Å². The fraction of sp³-hybridized carbons (Fsp3) is 0.294. The molecule has 0 unspecified atom stereocenters. The number of benzene rings is 1.